The summed E-state index contributed by atoms with van der Waals surface area (Å²) < 4.78 is 68.6. The molecule has 0 amide bonds. The summed E-state index contributed by atoms with van der Waals surface area (Å²) in [5, 5.41) is 10.6. The summed E-state index contributed by atoms with van der Waals surface area (Å²) in [6, 6.07) is 0. The number of esters is 4. The second-order valence-corrected chi connectivity index (χ2v) is 31.6. The molecule has 0 rings (SSSR count). The fourth-order valence-electron chi connectivity index (χ4n) is 11.8. The number of hydrogen-bond donors (Lipinski definition) is 3. The van der Waals surface area contributed by atoms with Gasteiger partial charge in [-0.15, -0.1) is 0 Å². The molecule has 0 bridgehead atoms. The zero-order chi connectivity index (χ0) is 70.7. The fourth-order valence-corrected chi connectivity index (χ4v) is 13.4. The van der Waals surface area contributed by atoms with Crippen LogP contribution in [0.25, 0.3) is 0 Å². The summed E-state index contributed by atoms with van der Waals surface area (Å²) in [6.45, 7) is 9.61. The van der Waals surface area contributed by atoms with Crippen molar-refractivity contribution in [1.29, 1.82) is 0 Å². The Morgan fingerprint density at radius 2 is 0.479 bits per heavy atom. The lowest BCUT2D eigenvalue weighted by atomic mass is 10.0. The molecule has 570 valence electrons. The van der Waals surface area contributed by atoms with Crippen molar-refractivity contribution in [3.8, 4) is 0 Å². The number of rotatable bonds is 76. The van der Waals surface area contributed by atoms with Gasteiger partial charge in [-0.3, -0.25) is 37.3 Å². The fraction of sp³-hybridized carbons (Fsp3) is 0.948. The topological polar surface area (TPSA) is 237 Å². The Labute approximate surface area is 588 Å². The Hall–Kier alpha value is -1.94. The summed E-state index contributed by atoms with van der Waals surface area (Å²) in [4.78, 5) is 72.8. The average Bonchev–Trinajstić information content (AvgIpc) is 1.17. The minimum Gasteiger partial charge on any atom is -0.462 e. The third kappa shape index (κ3) is 70.5. The maximum absolute atomic E-state index is 13.1. The minimum atomic E-state index is -4.96. The number of carbonyl (C=O) groups excluding carboxylic acids is 4. The number of unbranched alkanes of at least 4 members (excludes halogenated alkanes) is 46. The van der Waals surface area contributed by atoms with Crippen LogP contribution in [-0.4, -0.2) is 96.7 Å². The molecule has 2 unspecified atom stereocenters. The zero-order valence-electron chi connectivity index (χ0n) is 62.7. The van der Waals surface area contributed by atoms with E-state index in [-0.39, 0.29) is 25.7 Å². The highest BCUT2D eigenvalue weighted by Crippen LogP contribution is 2.45. The molecule has 0 saturated heterocycles. The molecule has 96 heavy (non-hydrogen) atoms. The Kier molecular flexibility index (Phi) is 67.4. The van der Waals surface area contributed by atoms with Gasteiger partial charge in [0, 0.05) is 25.7 Å². The van der Waals surface area contributed by atoms with Crippen molar-refractivity contribution in [3.63, 3.8) is 0 Å². The molecule has 0 aromatic rings. The number of phosphoric acid groups is 2. The van der Waals surface area contributed by atoms with Crippen LogP contribution in [0.1, 0.15) is 401 Å². The van der Waals surface area contributed by atoms with E-state index in [4.69, 9.17) is 37.0 Å². The third-order valence-electron chi connectivity index (χ3n) is 18.0. The van der Waals surface area contributed by atoms with Gasteiger partial charge >= 0.3 is 39.5 Å². The standard InChI is InChI=1S/C77H150O17P2/c1-7-9-11-13-15-17-18-19-20-21-22-25-31-37-43-49-55-61-76(81)94-73(66-88-75(80)60-54-48-42-36-30-26-23-24-28-34-39-45-51-57-69(3)4)68-92-96(85,86)90-64-71(78)63-89-95(83,84)91-67-72(65-87-74(79)59-53-47-41-33-16-14-12-10-8-2)93-77(82)62-56-50-44-38-32-27-29-35-40-46-52-58-70(5)6/h69-73,78H,7-68H2,1-6H3,(H,83,84)(H,85,86)/t71-,72+,73+/m0/s1. The number of carbonyl (C=O) groups is 4. The molecule has 3 N–H and O–H groups in total. The molecule has 0 spiro atoms. The van der Waals surface area contributed by atoms with Crippen molar-refractivity contribution in [3.05, 3.63) is 0 Å². The van der Waals surface area contributed by atoms with Crippen molar-refractivity contribution in [2.24, 2.45) is 11.8 Å². The number of phosphoric ester groups is 2. The van der Waals surface area contributed by atoms with E-state index >= 15 is 0 Å². The van der Waals surface area contributed by atoms with Gasteiger partial charge in [0.1, 0.15) is 19.3 Å². The molecular weight excluding hydrogens is 1260 g/mol. The maximum Gasteiger partial charge on any atom is 0.472 e. The first kappa shape index (κ1) is 94.1. The monoisotopic (exact) mass is 1410 g/mol. The highest BCUT2D eigenvalue weighted by atomic mass is 31.2. The predicted octanol–water partition coefficient (Wildman–Crippen LogP) is 22.7. The van der Waals surface area contributed by atoms with Gasteiger partial charge in [-0.05, 0) is 37.5 Å². The van der Waals surface area contributed by atoms with Gasteiger partial charge < -0.3 is 33.8 Å². The zero-order valence-corrected chi connectivity index (χ0v) is 64.5. The molecule has 0 aromatic carbocycles. The van der Waals surface area contributed by atoms with Gasteiger partial charge in [0.15, 0.2) is 12.2 Å². The normalized spacial score (nSPS) is 14.0. The van der Waals surface area contributed by atoms with Crippen molar-refractivity contribution >= 4 is 39.5 Å². The lowest BCUT2D eigenvalue weighted by molar-refractivity contribution is -0.161. The first-order chi connectivity index (χ1) is 46.4. The molecule has 17 nitrogen and oxygen atoms in total. The second kappa shape index (κ2) is 68.8. The highest BCUT2D eigenvalue weighted by molar-refractivity contribution is 7.47. The van der Waals surface area contributed by atoms with Crippen molar-refractivity contribution in [2.75, 3.05) is 39.6 Å². The Morgan fingerprint density at radius 1 is 0.281 bits per heavy atom. The van der Waals surface area contributed by atoms with Crippen LogP contribution in [0, 0.1) is 11.8 Å². The molecule has 0 radical (unpaired) electrons. The van der Waals surface area contributed by atoms with E-state index in [1.165, 1.54) is 218 Å². The molecular formula is C77H150O17P2. The van der Waals surface area contributed by atoms with Crippen LogP contribution in [-0.2, 0) is 65.4 Å². The van der Waals surface area contributed by atoms with Gasteiger partial charge in [-0.25, -0.2) is 9.13 Å². The van der Waals surface area contributed by atoms with E-state index in [1.807, 2.05) is 0 Å². The molecule has 0 heterocycles. The third-order valence-corrected chi connectivity index (χ3v) is 19.9. The lowest BCUT2D eigenvalue weighted by Gasteiger charge is -2.21. The van der Waals surface area contributed by atoms with E-state index < -0.39 is 97.5 Å². The van der Waals surface area contributed by atoms with Gasteiger partial charge in [0.2, 0.25) is 0 Å². The number of ether oxygens (including phenoxy) is 4. The van der Waals surface area contributed by atoms with E-state index in [0.717, 1.165) is 102 Å². The number of aliphatic hydroxyl groups excluding tert-OH is 1. The molecule has 0 aromatic heterocycles. The van der Waals surface area contributed by atoms with Crippen LogP contribution < -0.4 is 0 Å². The van der Waals surface area contributed by atoms with Crippen molar-refractivity contribution in [1.82, 2.24) is 0 Å². The van der Waals surface area contributed by atoms with Crippen molar-refractivity contribution in [2.45, 2.75) is 419 Å². The minimum absolute atomic E-state index is 0.107. The van der Waals surface area contributed by atoms with Gasteiger partial charge in [-0.2, -0.15) is 0 Å². The van der Waals surface area contributed by atoms with Gasteiger partial charge in [0.25, 0.3) is 0 Å². The summed E-state index contributed by atoms with van der Waals surface area (Å²) >= 11 is 0. The van der Waals surface area contributed by atoms with Crippen LogP contribution in [0.4, 0.5) is 0 Å². The highest BCUT2D eigenvalue weighted by Gasteiger charge is 2.30. The van der Waals surface area contributed by atoms with Gasteiger partial charge in [-0.1, -0.05) is 350 Å². The molecule has 19 heteroatoms. The van der Waals surface area contributed by atoms with E-state index in [9.17, 15) is 43.2 Å². The summed E-state index contributed by atoms with van der Waals surface area (Å²) in [5.74, 6) is -0.557. The maximum atomic E-state index is 13.1. The largest absolute Gasteiger partial charge is 0.472 e. The molecule has 0 aliphatic rings. The molecule has 0 fully saturated rings. The summed E-state index contributed by atoms with van der Waals surface area (Å²) in [5.41, 5.74) is 0. The smallest absolute Gasteiger partial charge is 0.462 e. The Morgan fingerprint density at radius 3 is 0.708 bits per heavy atom. The first-order valence-electron chi connectivity index (χ1n) is 40.0. The SMILES string of the molecule is CCCCCCCCCCCCCCCCCCCC(=O)O[C@H](COC(=O)CCCCCCCCCCCCCCCC(C)C)COP(=O)(O)OC[C@@H](O)COP(=O)(O)OC[C@@H](COC(=O)CCCCCCCCCCC)OC(=O)CCCCCCCCCCCCCC(C)C. The Balaban J connectivity index is 5.23. The van der Waals surface area contributed by atoms with Crippen LogP contribution >= 0.6 is 15.6 Å². The van der Waals surface area contributed by atoms with Gasteiger partial charge in [0.05, 0.1) is 26.4 Å². The molecule has 0 aliphatic heterocycles. The number of hydrogen-bond acceptors (Lipinski definition) is 15. The van der Waals surface area contributed by atoms with Crippen LogP contribution in [0.3, 0.4) is 0 Å². The Bertz CT molecular complexity index is 1860. The van der Waals surface area contributed by atoms with Crippen LogP contribution in [0.2, 0.25) is 0 Å². The lowest BCUT2D eigenvalue weighted by Crippen LogP contribution is -2.30. The summed E-state index contributed by atoms with van der Waals surface area (Å²) in [6.07, 6.45) is 56.8. The van der Waals surface area contributed by atoms with Crippen LogP contribution in [0.5, 0.6) is 0 Å². The van der Waals surface area contributed by atoms with E-state index in [0.29, 0.717) is 25.7 Å². The quantitative estimate of drug-likeness (QED) is 0.0222. The van der Waals surface area contributed by atoms with E-state index in [1.54, 1.807) is 0 Å². The number of aliphatic hydroxyl groups is 1. The second-order valence-electron chi connectivity index (χ2n) is 28.7. The molecule has 5 atom stereocenters. The predicted molar refractivity (Wildman–Crippen MR) is 391 cm³/mol. The van der Waals surface area contributed by atoms with Crippen LogP contribution in [0.15, 0.2) is 0 Å². The first-order valence-corrected chi connectivity index (χ1v) is 43.0. The average molecular weight is 1410 g/mol. The molecule has 0 aliphatic carbocycles. The molecule has 0 saturated carbocycles. The van der Waals surface area contributed by atoms with Crippen molar-refractivity contribution < 1.29 is 80.2 Å². The van der Waals surface area contributed by atoms with E-state index in [2.05, 4.69) is 41.5 Å². The summed E-state index contributed by atoms with van der Waals surface area (Å²) in [7, 11) is -9.91.